The molecule has 0 radical (unpaired) electrons. The predicted molar refractivity (Wildman–Crippen MR) is 122 cm³/mol. The van der Waals surface area contributed by atoms with E-state index in [1.807, 2.05) is 12.1 Å². The molecular weight excluding hydrogens is 374 g/mol. The summed E-state index contributed by atoms with van der Waals surface area (Å²) in [6.45, 7) is 7.17. The van der Waals surface area contributed by atoms with Crippen LogP contribution in [-0.4, -0.2) is 33.0 Å². The molecule has 2 atom stereocenters. The summed E-state index contributed by atoms with van der Waals surface area (Å²) in [5.74, 6) is 2.92. The van der Waals surface area contributed by atoms with Crippen LogP contribution in [-0.2, 0) is 17.7 Å². The number of ether oxygens (including phenoxy) is 3. The maximum atomic E-state index is 5.98. The van der Waals surface area contributed by atoms with Crippen LogP contribution < -0.4 is 14.8 Å². The lowest BCUT2D eigenvalue weighted by atomic mass is 9.75. The lowest BCUT2D eigenvalue weighted by Crippen LogP contribution is -2.38. The molecule has 0 amide bonds. The lowest BCUT2D eigenvalue weighted by Gasteiger charge is -2.39. The second-order valence-electron chi connectivity index (χ2n) is 8.97. The van der Waals surface area contributed by atoms with Crippen LogP contribution in [0.1, 0.15) is 44.2 Å². The summed E-state index contributed by atoms with van der Waals surface area (Å²) in [5.41, 5.74) is 2.64. The Morgan fingerprint density at radius 2 is 1.80 bits per heavy atom. The summed E-state index contributed by atoms with van der Waals surface area (Å²) in [4.78, 5) is 0. The van der Waals surface area contributed by atoms with Gasteiger partial charge in [-0.25, -0.2) is 0 Å². The minimum absolute atomic E-state index is 0.00900. The van der Waals surface area contributed by atoms with E-state index in [4.69, 9.17) is 14.2 Å². The number of hydrogen-bond donors (Lipinski definition) is 1. The van der Waals surface area contributed by atoms with Crippen LogP contribution >= 0.6 is 0 Å². The van der Waals surface area contributed by atoms with Crippen molar-refractivity contribution < 1.29 is 14.2 Å². The molecule has 1 aliphatic rings. The molecule has 2 aromatic carbocycles. The minimum atomic E-state index is -0.00900. The van der Waals surface area contributed by atoms with Crippen LogP contribution in [0.15, 0.2) is 48.5 Å². The van der Waals surface area contributed by atoms with Crippen molar-refractivity contribution >= 4 is 0 Å². The van der Waals surface area contributed by atoms with Crippen LogP contribution in [0.5, 0.6) is 11.5 Å². The van der Waals surface area contributed by atoms with Crippen LogP contribution in [0, 0.1) is 11.8 Å². The highest BCUT2D eigenvalue weighted by Gasteiger charge is 2.33. The smallest absolute Gasteiger partial charge is 0.161 e. The van der Waals surface area contributed by atoms with Gasteiger partial charge in [0.25, 0.3) is 0 Å². The number of benzene rings is 2. The molecule has 2 aromatic rings. The first-order valence-electron chi connectivity index (χ1n) is 11.1. The van der Waals surface area contributed by atoms with E-state index < -0.39 is 0 Å². The summed E-state index contributed by atoms with van der Waals surface area (Å²) in [6.07, 6.45) is 4.61. The van der Waals surface area contributed by atoms with Crippen LogP contribution in [0.25, 0.3) is 0 Å². The van der Waals surface area contributed by atoms with Gasteiger partial charge in [0.2, 0.25) is 0 Å². The van der Waals surface area contributed by atoms with Crippen LogP contribution in [0.4, 0.5) is 0 Å². The van der Waals surface area contributed by atoms with Gasteiger partial charge >= 0.3 is 0 Å². The van der Waals surface area contributed by atoms with Crippen molar-refractivity contribution in [3.63, 3.8) is 0 Å². The Morgan fingerprint density at radius 3 is 2.50 bits per heavy atom. The lowest BCUT2D eigenvalue weighted by molar-refractivity contribution is -0.0830. The molecule has 0 saturated carbocycles. The van der Waals surface area contributed by atoms with E-state index in [9.17, 15) is 0 Å². The molecule has 4 heteroatoms. The van der Waals surface area contributed by atoms with Gasteiger partial charge in [-0.1, -0.05) is 36.4 Å². The zero-order valence-corrected chi connectivity index (χ0v) is 18.9. The summed E-state index contributed by atoms with van der Waals surface area (Å²) < 4.78 is 16.7. The molecule has 164 valence electrons. The molecule has 1 heterocycles. The first kappa shape index (κ1) is 22.6. The molecule has 1 saturated heterocycles. The van der Waals surface area contributed by atoms with E-state index >= 15 is 0 Å². The van der Waals surface area contributed by atoms with Crippen molar-refractivity contribution in [2.75, 3.05) is 27.4 Å². The third-order valence-corrected chi connectivity index (χ3v) is 6.21. The maximum Gasteiger partial charge on any atom is 0.161 e. The van der Waals surface area contributed by atoms with Crippen LogP contribution in [0.2, 0.25) is 0 Å². The Hall–Kier alpha value is -2.04. The molecule has 1 aliphatic heterocycles. The van der Waals surface area contributed by atoms with Gasteiger partial charge in [0.05, 0.1) is 19.8 Å². The van der Waals surface area contributed by atoms with Gasteiger partial charge in [-0.15, -0.1) is 0 Å². The quantitative estimate of drug-likeness (QED) is 0.542. The standard InChI is InChI=1S/C26H37NO3/c1-26(2)18-23(13-15-30-26)22(16-20-8-6-5-7-9-20)12-14-27-19-21-10-11-24(28-3)25(17-21)29-4/h5-11,17,22-23,27H,12-16,18-19H2,1-4H3. The van der Waals surface area contributed by atoms with E-state index in [0.717, 1.165) is 50.5 Å². The van der Waals surface area contributed by atoms with Gasteiger partial charge < -0.3 is 19.5 Å². The second-order valence-corrected chi connectivity index (χ2v) is 8.97. The Labute approximate surface area is 181 Å². The molecule has 1 N–H and O–H groups in total. The van der Waals surface area contributed by atoms with Crippen molar-refractivity contribution in [3.05, 3.63) is 59.7 Å². The molecule has 3 rings (SSSR count). The topological polar surface area (TPSA) is 39.7 Å². The zero-order chi connectivity index (χ0) is 21.4. The average Bonchev–Trinajstić information content (AvgIpc) is 2.75. The number of hydrogen-bond acceptors (Lipinski definition) is 4. The van der Waals surface area contributed by atoms with E-state index in [0.29, 0.717) is 11.8 Å². The third kappa shape index (κ3) is 6.48. The SMILES string of the molecule is COc1ccc(CNCCC(Cc2ccccc2)C2CCOC(C)(C)C2)cc1OC. The predicted octanol–water partition coefficient (Wildman–Crippen LogP) is 5.25. The van der Waals surface area contributed by atoms with Crippen molar-refractivity contribution in [2.45, 2.75) is 51.7 Å². The molecule has 30 heavy (non-hydrogen) atoms. The van der Waals surface area contributed by atoms with E-state index in [2.05, 4.69) is 55.6 Å². The van der Waals surface area contributed by atoms with Gasteiger partial charge in [0.15, 0.2) is 11.5 Å². The zero-order valence-electron chi connectivity index (χ0n) is 18.9. The number of rotatable bonds is 10. The van der Waals surface area contributed by atoms with Crippen molar-refractivity contribution in [3.8, 4) is 11.5 Å². The Kier molecular flexibility index (Phi) is 8.17. The van der Waals surface area contributed by atoms with E-state index in [1.54, 1.807) is 14.2 Å². The number of methoxy groups -OCH3 is 2. The molecular formula is C26H37NO3. The highest BCUT2D eigenvalue weighted by molar-refractivity contribution is 5.42. The van der Waals surface area contributed by atoms with Gasteiger partial charge in [-0.05, 0) is 81.2 Å². The molecule has 0 aliphatic carbocycles. The van der Waals surface area contributed by atoms with Crippen molar-refractivity contribution in [2.24, 2.45) is 11.8 Å². The fraction of sp³-hybridized carbons (Fsp3) is 0.538. The Balaban J connectivity index is 1.58. The largest absolute Gasteiger partial charge is 0.493 e. The molecule has 0 spiro atoms. The maximum absolute atomic E-state index is 5.98. The highest BCUT2D eigenvalue weighted by Crippen LogP contribution is 2.36. The molecule has 2 unspecified atom stereocenters. The average molecular weight is 412 g/mol. The fourth-order valence-electron chi connectivity index (χ4n) is 4.61. The molecule has 0 bridgehead atoms. The number of nitrogens with one attached hydrogen (secondary N) is 1. The van der Waals surface area contributed by atoms with Crippen LogP contribution in [0.3, 0.4) is 0 Å². The van der Waals surface area contributed by atoms with Crippen molar-refractivity contribution in [1.29, 1.82) is 0 Å². The summed E-state index contributed by atoms with van der Waals surface area (Å²) >= 11 is 0. The third-order valence-electron chi connectivity index (χ3n) is 6.21. The normalized spacial score (nSPS) is 19.3. The molecule has 1 fully saturated rings. The summed E-state index contributed by atoms with van der Waals surface area (Å²) in [5, 5.41) is 3.64. The van der Waals surface area contributed by atoms with Gasteiger partial charge in [-0.3, -0.25) is 0 Å². The second kappa shape index (κ2) is 10.8. The minimum Gasteiger partial charge on any atom is -0.493 e. The Bertz CT molecular complexity index is 775. The van der Waals surface area contributed by atoms with Gasteiger partial charge in [0, 0.05) is 13.2 Å². The van der Waals surface area contributed by atoms with E-state index in [1.165, 1.54) is 17.5 Å². The van der Waals surface area contributed by atoms with Gasteiger partial charge in [-0.2, -0.15) is 0 Å². The monoisotopic (exact) mass is 411 g/mol. The first-order chi connectivity index (χ1) is 14.5. The van der Waals surface area contributed by atoms with Crippen molar-refractivity contribution in [1.82, 2.24) is 5.32 Å². The molecule has 0 aromatic heterocycles. The van der Waals surface area contributed by atoms with Gasteiger partial charge in [0.1, 0.15) is 0 Å². The van der Waals surface area contributed by atoms with E-state index in [-0.39, 0.29) is 5.60 Å². The first-order valence-corrected chi connectivity index (χ1v) is 11.1. The highest BCUT2D eigenvalue weighted by atomic mass is 16.5. The summed E-state index contributed by atoms with van der Waals surface area (Å²) in [7, 11) is 3.35. The Morgan fingerprint density at radius 1 is 1.03 bits per heavy atom. The fourth-order valence-corrected chi connectivity index (χ4v) is 4.61. The summed E-state index contributed by atoms with van der Waals surface area (Å²) in [6, 6.07) is 17.0. The molecule has 4 nitrogen and oxygen atoms in total.